The van der Waals surface area contributed by atoms with Crippen molar-refractivity contribution in [2.75, 3.05) is 6.54 Å². The molecule has 4 N–H and O–H groups in total. The molecular weight excluding hydrogens is 274 g/mol. The average Bonchev–Trinajstić information content (AvgIpc) is 3.24. The Bertz CT molecular complexity index is 405. The molecule has 2 aliphatic rings. The van der Waals surface area contributed by atoms with Crippen LogP contribution in [0.5, 0.6) is 0 Å². The van der Waals surface area contributed by atoms with Crippen molar-refractivity contribution in [1.29, 1.82) is 0 Å². The van der Waals surface area contributed by atoms with Gasteiger partial charge in [-0.05, 0) is 38.0 Å². The SMILES string of the molecule is O=C(O)CC(NC(=O)NCCCC(=O)NC1CC1)C1CC1. The molecule has 2 fully saturated rings. The summed E-state index contributed by atoms with van der Waals surface area (Å²) >= 11 is 0. The lowest BCUT2D eigenvalue weighted by Crippen LogP contribution is -2.44. The standard InChI is InChI=1S/C14H23N3O4/c18-12(16-10-5-6-10)2-1-7-15-14(21)17-11(8-13(19)20)9-3-4-9/h9-11H,1-8H2,(H,16,18)(H,19,20)(H2,15,17,21). The molecular formula is C14H23N3O4. The van der Waals surface area contributed by atoms with Crippen molar-refractivity contribution < 1.29 is 19.5 Å². The third-order valence-electron chi connectivity index (χ3n) is 3.71. The summed E-state index contributed by atoms with van der Waals surface area (Å²) in [5.41, 5.74) is 0. The van der Waals surface area contributed by atoms with E-state index in [2.05, 4.69) is 16.0 Å². The highest BCUT2D eigenvalue weighted by atomic mass is 16.4. The summed E-state index contributed by atoms with van der Waals surface area (Å²) in [6.07, 6.45) is 5.02. The molecule has 0 saturated heterocycles. The quantitative estimate of drug-likeness (QED) is 0.467. The van der Waals surface area contributed by atoms with Gasteiger partial charge in [0.25, 0.3) is 0 Å². The van der Waals surface area contributed by atoms with Crippen molar-refractivity contribution in [3.8, 4) is 0 Å². The molecule has 0 heterocycles. The Morgan fingerprint density at radius 2 is 1.86 bits per heavy atom. The largest absolute Gasteiger partial charge is 0.481 e. The minimum absolute atomic E-state index is 0.0291. The van der Waals surface area contributed by atoms with Crippen LogP contribution >= 0.6 is 0 Å². The van der Waals surface area contributed by atoms with Gasteiger partial charge in [0.05, 0.1) is 6.42 Å². The zero-order valence-electron chi connectivity index (χ0n) is 12.1. The van der Waals surface area contributed by atoms with Crippen LogP contribution in [0.1, 0.15) is 44.9 Å². The van der Waals surface area contributed by atoms with Gasteiger partial charge in [-0.1, -0.05) is 0 Å². The minimum Gasteiger partial charge on any atom is -0.481 e. The Morgan fingerprint density at radius 3 is 2.43 bits per heavy atom. The number of urea groups is 1. The minimum atomic E-state index is -0.899. The van der Waals surface area contributed by atoms with Crippen LogP contribution in [0.15, 0.2) is 0 Å². The fourth-order valence-electron chi connectivity index (χ4n) is 2.22. The number of hydrogen-bond donors (Lipinski definition) is 4. The van der Waals surface area contributed by atoms with E-state index in [0.29, 0.717) is 25.4 Å². The van der Waals surface area contributed by atoms with E-state index < -0.39 is 5.97 Å². The van der Waals surface area contributed by atoms with Crippen LogP contribution in [0.3, 0.4) is 0 Å². The van der Waals surface area contributed by atoms with Crippen LogP contribution in [-0.2, 0) is 9.59 Å². The van der Waals surface area contributed by atoms with Gasteiger partial charge in [0.2, 0.25) is 5.91 Å². The molecule has 7 nitrogen and oxygen atoms in total. The number of nitrogens with one attached hydrogen (secondary N) is 3. The van der Waals surface area contributed by atoms with E-state index in [1.165, 1.54) is 0 Å². The molecule has 1 unspecified atom stereocenters. The molecule has 0 aromatic carbocycles. The van der Waals surface area contributed by atoms with Gasteiger partial charge < -0.3 is 21.1 Å². The van der Waals surface area contributed by atoms with Crippen LogP contribution in [0.4, 0.5) is 4.79 Å². The van der Waals surface area contributed by atoms with Gasteiger partial charge in [0, 0.05) is 25.0 Å². The Hall–Kier alpha value is -1.79. The van der Waals surface area contributed by atoms with Crippen LogP contribution in [0.2, 0.25) is 0 Å². The number of carbonyl (C=O) groups excluding carboxylic acids is 2. The summed E-state index contributed by atoms with van der Waals surface area (Å²) in [6.45, 7) is 0.411. The van der Waals surface area contributed by atoms with E-state index in [9.17, 15) is 14.4 Å². The summed E-state index contributed by atoms with van der Waals surface area (Å²) in [7, 11) is 0. The first-order valence-electron chi connectivity index (χ1n) is 7.60. The van der Waals surface area contributed by atoms with Crippen LogP contribution < -0.4 is 16.0 Å². The maximum absolute atomic E-state index is 11.7. The normalized spacial score (nSPS) is 18.7. The summed E-state index contributed by atoms with van der Waals surface area (Å²) < 4.78 is 0. The molecule has 2 aliphatic carbocycles. The molecule has 21 heavy (non-hydrogen) atoms. The third kappa shape index (κ3) is 6.46. The fraction of sp³-hybridized carbons (Fsp3) is 0.786. The molecule has 3 amide bonds. The maximum Gasteiger partial charge on any atom is 0.315 e. The van der Waals surface area contributed by atoms with E-state index >= 15 is 0 Å². The molecule has 2 rings (SSSR count). The average molecular weight is 297 g/mol. The zero-order chi connectivity index (χ0) is 15.2. The summed E-state index contributed by atoms with van der Waals surface area (Å²) in [5, 5.41) is 17.1. The number of hydrogen-bond acceptors (Lipinski definition) is 3. The molecule has 7 heteroatoms. The second kappa shape index (κ2) is 7.28. The molecule has 0 bridgehead atoms. The summed E-state index contributed by atoms with van der Waals surface area (Å²) in [5.74, 6) is -0.582. The van der Waals surface area contributed by atoms with Crippen molar-refractivity contribution in [1.82, 2.24) is 16.0 Å². The number of amides is 3. The van der Waals surface area contributed by atoms with Crippen LogP contribution in [0, 0.1) is 5.92 Å². The second-order valence-electron chi connectivity index (χ2n) is 5.89. The monoisotopic (exact) mass is 297 g/mol. The van der Waals surface area contributed by atoms with Gasteiger partial charge >= 0.3 is 12.0 Å². The zero-order valence-corrected chi connectivity index (χ0v) is 12.1. The number of carbonyl (C=O) groups is 3. The fourth-order valence-corrected chi connectivity index (χ4v) is 2.22. The molecule has 0 aliphatic heterocycles. The predicted molar refractivity (Wildman–Crippen MR) is 75.7 cm³/mol. The van der Waals surface area contributed by atoms with E-state index in [4.69, 9.17) is 5.11 Å². The highest BCUT2D eigenvalue weighted by molar-refractivity contribution is 5.77. The summed E-state index contributed by atoms with van der Waals surface area (Å²) in [4.78, 5) is 33.8. The number of aliphatic carboxylic acids is 1. The first-order valence-corrected chi connectivity index (χ1v) is 7.60. The molecule has 118 valence electrons. The van der Waals surface area contributed by atoms with E-state index in [0.717, 1.165) is 25.7 Å². The first kappa shape index (κ1) is 15.6. The van der Waals surface area contributed by atoms with Gasteiger partial charge in [0.15, 0.2) is 0 Å². The highest BCUT2D eigenvalue weighted by Gasteiger charge is 2.33. The number of carboxylic acids is 1. The Labute approximate surface area is 123 Å². The lowest BCUT2D eigenvalue weighted by Gasteiger charge is -2.16. The maximum atomic E-state index is 11.7. The third-order valence-corrected chi connectivity index (χ3v) is 3.71. The van der Waals surface area contributed by atoms with Crippen molar-refractivity contribution in [3.63, 3.8) is 0 Å². The molecule has 0 aromatic heterocycles. The Kier molecular flexibility index (Phi) is 5.41. The van der Waals surface area contributed by atoms with Gasteiger partial charge in [-0.2, -0.15) is 0 Å². The van der Waals surface area contributed by atoms with Gasteiger partial charge in [0.1, 0.15) is 0 Å². The van der Waals surface area contributed by atoms with Crippen LogP contribution in [-0.4, -0.2) is 41.6 Å². The van der Waals surface area contributed by atoms with Crippen molar-refractivity contribution >= 4 is 17.9 Å². The number of carboxylic acid groups (broad SMARTS) is 1. The summed E-state index contributed by atoms with van der Waals surface area (Å²) in [6, 6.07) is -0.277. The molecule has 2 saturated carbocycles. The lowest BCUT2D eigenvalue weighted by atomic mass is 10.1. The second-order valence-corrected chi connectivity index (χ2v) is 5.89. The van der Waals surface area contributed by atoms with E-state index in [1.54, 1.807) is 0 Å². The predicted octanol–water partition coefficient (Wildman–Crippen LogP) is 0.598. The van der Waals surface area contributed by atoms with Crippen molar-refractivity contribution in [2.24, 2.45) is 5.92 Å². The number of rotatable bonds is 9. The van der Waals surface area contributed by atoms with Crippen molar-refractivity contribution in [3.05, 3.63) is 0 Å². The van der Waals surface area contributed by atoms with Crippen molar-refractivity contribution in [2.45, 2.75) is 57.0 Å². The molecule has 0 aromatic rings. The Morgan fingerprint density at radius 1 is 1.14 bits per heavy atom. The van der Waals surface area contributed by atoms with Gasteiger partial charge in [-0.3, -0.25) is 9.59 Å². The molecule has 0 radical (unpaired) electrons. The molecule has 1 atom stereocenters. The highest BCUT2D eigenvalue weighted by Crippen LogP contribution is 2.33. The van der Waals surface area contributed by atoms with Crippen LogP contribution in [0.25, 0.3) is 0 Å². The topological polar surface area (TPSA) is 108 Å². The smallest absolute Gasteiger partial charge is 0.315 e. The van der Waals surface area contributed by atoms with E-state index in [-0.39, 0.29) is 30.3 Å². The van der Waals surface area contributed by atoms with Gasteiger partial charge in [-0.25, -0.2) is 4.79 Å². The first-order chi connectivity index (χ1) is 10.0. The Balaban J connectivity index is 1.55. The lowest BCUT2D eigenvalue weighted by molar-refractivity contribution is -0.137. The van der Waals surface area contributed by atoms with Gasteiger partial charge in [-0.15, -0.1) is 0 Å². The van der Waals surface area contributed by atoms with E-state index in [1.807, 2.05) is 0 Å². The molecule has 0 spiro atoms.